The number of carbonyl (C=O) groups excluding carboxylic acids is 2. The van der Waals surface area contributed by atoms with Gasteiger partial charge in [-0.25, -0.2) is 4.79 Å². The lowest BCUT2D eigenvalue weighted by Crippen LogP contribution is -2.45. The number of aromatic nitrogens is 3. The first-order chi connectivity index (χ1) is 13.4. The largest absolute Gasteiger partial charge is 0.383 e. The van der Waals surface area contributed by atoms with Crippen molar-refractivity contribution in [3.8, 4) is 0 Å². The van der Waals surface area contributed by atoms with Crippen molar-refractivity contribution in [1.29, 1.82) is 0 Å². The zero-order chi connectivity index (χ0) is 20.5. The van der Waals surface area contributed by atoms with E-state index in [9.17, 15) is 9.59 Å². The third kappa shape index (κ3) is 6.65. The normalized spacial score (nSPS) is 12.0. The van der Waals surface area contributed by atoms with Crippen molar-refractivity contribution < 1.29 is 14.3 Å². The molecule has 152 valence electrons. The van der Waals surface area contributed by atoms with Gasteiger partial charge in [0.25, 0.3) is 0 Å². The zero-order valence-corrected chi connectivity index (χ0v) is 17.5. The van der Waals surface area contributed by atoms with Gasteiger partial charge in [-0.05, 0) is 26.3 Å². The number of ether oxygens (including phenoxy) is 1. The fourth-order valence-electron chi connectivity index (χ4n) is 2.45. The minimum Gasteiger partial charge on any atom is -0.383 e. The molecule has 1 aromatic carbocycles. The number of benzene rings is 1. The molecule has 1 heterocycles. The number of nitrogens with zero attached hydrogens (tertiary/aromatic N) is 3. The summed E-state index contributed by atoms with van der Waals surface area (Å²) in [7, 11) is 1.64. The van der Waals surface area contributed by atoms with Crippen LogP contribution in [0.25, 0.3) is 0 Å². The molecule has 0 aliphatic heterocycles. The fourth-order valence-corrected chi connectivity index (χ4v) is 3.34. The van der Waals surface area contributed by atoms with Gasteiger partial charge in [-0.2, -0.15) is 0 Å². The Morgan fingerprint density at radius 2 is 1.89 bits per heavy atom. The van der Waals surface area contributed by atoms with Crippen molar-refractivity contribution in [3.05, 3.63) is 41.7 Å². The van der Waals surface area contributed by atoms with Crippen LogP contribution in [0, 0.1) is 0 Å². The van der Waals surface area contributed by atoms with Crippen molar-refractivity contribution in [2.75, 3.05) is 13.7 Å². The molecule has 2 aromatic rings. The lowest BCUT2D eigenvalue weighted by Gasteiger charge is -2.14. The maximum absolute atomic E-state index is 12.3. The SMILES string of the molecule is COCCn1c(Cc2ccccc2)nnc1S[C@H](C)C(=O)NC(=O)NC(C)C. The van der Waals surface area contributed by atoms with E-state index in [1.165, 1.54) is 11.8 Å². The van der Waals surface area contributed by atoms with E-state index in [2.05, 4.69) is 20.8 Å². The summed E-state index contributed by atoms with van der Waals surface area (Å²) in [6.45, 7) is 6.47. The van der Waals surface area contributed by atoms with Gasteiger partial charge in [-0.3, -0.25) is 10.1 Å². The third-order valence-corrected chi connectivity index (χ3v) is 4.91. The van der Waals surface area contributed by atoms with E-state index < -0.39 is 11.3 Å². The van der Waals surface area contributed by atoms with Crippen molar-refractivity contribution in [3.63, 3.8) is 0 Å². The Labute approximate surface area is 169 Å². The van der Waals surface area contributed by atoms with Crippen molar-refractivity contribution in [2.24, 2.45) is 0 Å². The summed E-state index contributed by atoms with van der Waals surface area (Å²) in [6.07, 6.45) is 0.634. The van der Waals surface area contributed by atoms with Crippen LogP contribution in [0.4, 0.5) is 4.79 Å². The first-order valence-corrected chi connectivity index (χ1v) is 10.0. The average molecular weight is 406 g/mol. The number of amides is 3. The Kier molecular flexibility index (Phi) is 8.46. The molecule has 0 aliphatic carbocycles. The number of carbonyl (C=O) groups is 2. The molecule has 0 unspecified atom stereocenters. The third-order valence-electron chi connectivity index (χ3n) is 3.83. The van der Waals surface area contributed by atoms with Gasteiger partial charge in [0.05, 0.1) is 11.9 Å². The van der Waals surface area contributed by atoms with Gasteiger partial charge in [0.1, 0.15) is 5.82 Å². The number of rotatable bonds is 9. The highest BCUT2D eigenvalue weighted by Gasteiger charge is 2.22. The molecule has 0 saturated carbocycles. The van der Waals surface area contributed by atoms with Crippen LogP contribution < -0.4 is 10.6 Å². The maximum atomic E-state index is 12.3. The van der Waals surface area contributed by atoms with E-state index in [1.54, 1.807) is 14.0 Å². The second-order valence-corrected chi connectivity index (χ2v) is 7.89. The summed E-state index contributed by atoms with van der Waals surface area (Å²) in [6, 6.07) is 9.45. The van der Waals surface area contributed by atoms with Crippen LogP contribution in [0.3, 0.4) is 0 Å². The van der Waals surface area contributed by atoms with Gasteiger partial charge in [0.15, 0.2) is 5.16 Å². The minimum absolute atomic E-state index is 0.0477. The number of methoxy groups -OCH3 is 1. The predicted molar refractivity (Wildman–Crippen MR) is 108 cm³/mol. The summed E-state index contributed by atoms with van der Waals surface area (Å²) in [5.41, 5.74) is 1.13. The number of imide groups is 1. The minimum atomic E-state index is -0.506. The number of nitrogens with one attached hydrogen (secondary N) is 2. The molecule has 0 bridgehead atoms. The lowest BCUT2D eigenvalue weighted by molar-refractivity contribution is -0.119. The molecule has 3 amide bonds. The van der Waals surface area contributed by atoms with E-state index in [0.29, 0.717) is 24.7 Å². The highest BCUT2D eigenvalue weighted by Crippen LogP contribution is 2.23. The molecule has 28 heavy (non-hydrogen) atoms. The molecule has 9 heteroatoms. The van der Waals surface area contributed by atoms with E-state index in [-0.39, 0.29) is 11.9 Å². The van der Waals surface area contributed by atoms with Crippen molar-refractivity contribution in [1.82, 2.24) is 25.4 Å². The van der Waals surface area contributed by atoms with E-state index in [1.807, 2.05) is 48.7 Å². The van der Waals surface area contributed by atoms with Crippen LogP contribution in [0.5, 0.6) is 0 Å². The second kappa shape index (κ2) is 10.8. The van der Waals surface area contributed by atoms with E-state index in [4.69, 9.17) is 4.74 Å². The summed E-state index contributed by atoms with van der Waals surface area (Å²) in [4.78, 5) is 24.0. The highest BCUT2D eigenvalue weighted by atomic mass is 32.2. The number of urea groups is 1. The first-order valence-electron chi connectivity index (χ1n) is 9.13. The van der Waals surface area contributed by atoms with Gasteiger partial charge in [0, 0.05) is 26.1 Å². The molecule has 0 saturated heterocycles. The van der Waals surface area contributed by atoms with Crippen LogP contribution in [-0.4, -0.2) is 51.7 Å². The molecule has 0 fully saturated rings. The molecule has 1 atom stereocenters. The fraction of sp³-hybridized carbons (Fsp3) is 0.474. The Bertz CT molecular complexity index is 779. The Balaban J connectivity index is 2.09. The Hall–Kier alpha value is -2.39. The topological polar surface area (TPSA) is 98.1 Å². The van der Waals surface area contributed by atoms with Crippen molar-refractivity contribution in [2.45, 2.75) is 50.2 Å². The molecular weight excluding hydrogens is 378 g/mol. The average Bonchev–Trinajstić information content (AvgIpc) is 3.01. The summed E-state index contributed by atoms with van der Waals surface area (Å²) < 4.78 is 7.16. The van der Waals surface area contributed by atoms with Crippen LogP contribution in [-0.2, 0) is 22.5 Å². The van der Waals surface area contributed by atoms with Gasteiger partial charge < -0.3 is 14.6 Å². The van der Waals surface area contributed by atoms with Crippen LogP contribution in [0.1, 0.15) is 32.2 Å². The van der Waals surface area contributed by atoms with Crippen LogP contribution in [0.2, 0.25) is 0 Å². The lowest BCUT2D eigenvalue weighted by atomic mass is 10.1. The second-order valence-electron chi connectivity index (χ2n) is 6.58. The molecule has 2 rings (SSSR count). The smallest absolute Gasteiger partial charge is 0.321 e. The Morgan fingerprint density at radius 1 is 1.18 bits per heavy atom. The molecular formula is C19H27N5O3S. The summed E-state index contributed by atoms with van der Waals surface area (Å²) >= 11 is 1.26. The zero-order valence-electron chi connectivity index (χ0n) is 16.6. The summed E-state index contributed by atoms with van der Waals surface area (Å²) in [5.74, 6) is 0.421. The van der Waals surface area contributed by atoms with Crippen LogP contribution >= 0.6 is 11.8 Å². The molecule has 0 aliphatic rings. The molecule has 0 radical (unpaired) electrons. The van der Waals surface area contributed by atoms with Gasteiger partial charge in [-0.1, -0.05) is 42.1 Å². The van der Waals surface area contributed by atoms with Crippen LogP contribution in [0.15, 0.2) is 35.5 Å². The van der Waals surface area contributed by atoms with Gasteiger partial charge in [-0.15, -0.1) is 10.2 Å². The number of thioether (sulfide) groups is 1. The van der Waals surface area contributed by atoms with E-state index in [0.717, 1.165) is 11.4 Å². The highest BCUT2D eigenvalue weighted by molar-refractivity contribution is 8.00. The van der Waals surface area contributed by atoms with Gasteiger partial charge in [0.2, 0.25) is 5.91 Å². The maximum Gasteiger partial charge on any atom is 0.321 e. The number of hydrogen-bond acceptors (Lipinski definition) is 6. The monoisotopic (exact) mass is 405 g/mol. The molecule has 8 nitrogen and oxygen atoms in total. The molecule has 1 aromatic heterocycles. The quantitative estimate of drug-likeness (QED) is 0.621. The van der Waals surface area contributed by atoms with Crippen molar-refractivity contribution >= 4 is 23.7 Å². The van der Waals surface area contributed by atoms with E-state index >= 15 is 0 Å². The summed E-state index contributed by atoms with van der Waals surface area (Å²) in [5, 5.41) is 13.7. The molecule has 0 spiro atoms. The molecule has 2 N–H and O–H groups in total. The first kappa shape index (κ1) is 21.9. The Morgan fingerprint density at radius 3 is 2.54 bits per heavy atom. The number of hydrogen-bond donors (Lipinski definition) is 2. The standard InChI is InChI=1S/C19H27N5O3S/c1-13(2)20-18(26)21-17(25)14(3)28-19-23-22-16(24(19)10-11-27-4)12-15-8-6-5-7-9-15/h5-9,13-14H,10-12H2,1-4H3,(H2,20,21,25,26)/t14-/m1/s1. The van der Waals surface area contributed by atoms with Gasteiger partial charge >= 0.3 is 6.03 Å². The predicted octanol–water partition coefficient (Wildman–Crippen LogP) is 2.23.